The Balaban J connectivity index is 1.60. The molecule has 2 aliphatic rings. The molecule has 2 aromatic rings. The van der Waals surface area contributed by atoms with E-state index >= 15 is 0 Å². The Morgan fingerprint density at radius 3 is 2.42 bits per heavy atom. The molecule has 2 aromatic carbocycles. The quantitative estimate of drug-likeness (QED) is 0.672. The normalized spacial score (nSPS) is 19.6. The first kappa shape index (κ1) is 21.8. The highest BCUT2D eigenvalue weighted by molar-refractivity contribution is 7.89. The Morgan fingerprint density at radius 2 is 1.71 bits per heavy atom. The summed E-state index contributed by atoms with van der Waals surface area (Å²) in [6.45, 7) is 3.99. The van der Waals surface area contributed by atoms with Crippen LogP contribution in [0.1, 0.15) is 5.56 Å². The predicted molar refractivity (Wildman–Crippen MR) is 117 cm³/mol. The first-order chi connectivity index (χ1) is 15.0. The summed E-state index contributed by atoms with van der Waals surface area (Å²) in [5.41, 5.74) is 1.23. The molecule has 1 saturated heterocycles. The van der Waals surface area contributed by atoms with E-state index in [0.717, 1.165) is 18.7 Å². The molecule has 0 spiro atoms. The number of amides is 1. The Hall–Kier alpha value is -2.46. The van der Waals surface area contributed by atoms with Crippen molar-refractivity contribution in [3.8, 4) is 5.75 Å². The first-order valence-corrected chi connectivity index (χ1v) is 11.8. The lowest BCUT2D eigenvalue weighted by atomic mass is 10.2. The lowest BCUT2D eigenvalue weighted by Gasteiger charge is -2.30. The Kier molecular flexibility index (Phi) is 6.57. The van der Waals surface area contributed by atoms with Gasteiger partial charge in [0.25, 0.3) is 0 Å². The number of hydrogen-bond acceptors (Lipinski definition) is 6. The third-order valence-corrected chi connectivity index (χ3v) is 7.49. The summed E-state index contributed by atoms with van der Waals surface area (Å²) in [6, 6.07) is 13.9. The van der Waals surface area contributed by atoms with Crippen LogP contribution in [0.25, 0.3) is 0 Å². The highest BCUT2D eigenvalue weighted by Crippen LogP contribution is 2.32. The van der Waals surface area contributed by atoms with Gasteiger partial charge in [-0.05, 0) is 29.8 Å². The largest absolute Gasteiger partial charge is 0.497 e. The van der Waals surface area contributed by atoms with Gasteiger partial charge in [-0.25, -0.2) is 8.42 Å². The molecule has 0 N–H and O–H groups in total. The van der Waals surface area contributed by atoms with Gasteiger partial charge in [0.05, 0.1) is 32.6 Å². The molecule has 2 aliphatic heterocycles. The highest BCUT2D eigenvalue weighted by Gasteiger charge is 2.36. The van der Waals surface area contributed by atoms with Crippen LogP contribution >= 0.6 is 0 Å². The number of carbonyl (C=O) groups excluding carboxylic acids is 1. The van der Waals surface area contributed by atoms with Crippen LogP contribution in [-0.2, 0) is 26.1 Å². The second-order valence-corrected chi connectivity index (χ2v) is 9.49. The lowest BCUT2D eigenvalue weighted by molar-refractivity contribution is -0.118. The minimum atomic E-state index is -3.84. The molecule has 31 heavy (non-hydrogen) atoms. The van der Waals surface area contributed by atoms with Gasteiger partial charge >= 0.3 is 0 Å². The van der Waals surface area contributed by atoms with Crippen LogP contribution < -0.4 is 9.64 Å². The van der Waals surface area contributed by atoms with Crippen LogP contribution in [0.3, 0.4) is 0 Å². The van der Waals surface area contributed by atoms with Gasteiger partial charge < -0.3 is 14.4 Å². The van der Waals surface area contributed by atoms with Crippen molar-refractivity contribution in [1.29, 1.82) is 0 Å². The molecule has 0 aliphatic carbocycles. The standard InChI is InChI=1S/C22H27N3O5S/c1-29-19-8-6-18(7-9-19)16-24-17-22(26)25(11-10-23-12-14-30-15-13-23)20-4-2-3-5-21(20)31(24,27)28/h2-9H,10-17H2,1H3. The van der Waals surface area contributed by atoms with Crippen molar-refractivity contribution >= 4 is 21.6 Å². The fourth-order valence-corrected chi connectivity index (χ4v) is 5.45. The first-order valence-electron chi connectivity index (χ1n) is 10.3. The summed E-state index contributed by atoms with van der Waals surface area (Å²) < 4.78 is 38.7. The molecule has 9 heteroatoms. The highest BCUT2D eigenvalue weighted by atomic mass is 32.2. The van der Waals surface area contributed by atoms with Crippen molar-refractivity contribution in [1.82, 2.24) is 9.21 Å². The number of rotatable bonds is 6. The number of benzene rings is 2. The zero-order chi connectivity index (χ0) is 21.8. The third kappa shape index (κ3) is 4.74. The number of hydrogen-bond donors (Lipinski definition) is 0. The number of para-hydroxylation sites is 1. The van der Waals surface area contributed by atoms with Crippen molar-refractivity contribution < 1.29 is 22.7 Å². The maximum Gasteiger partial charge on any atom is 0.245 e. The molecule has 0 atom stereocenters. The molecule has 0 unspecified atom stereocenters. The SMILES string of the molecule is COc1ccc(CN2CC(=O)N(CCN3CCOCC3)c3ccccc3S2(=O)=O)cc1. The summed E-state index contributed by atoms with van der Waals surface area (Å²) >= 11 is 0. The number of anilines is 1. The van der Waals surface area contributed by atoms with Crippen molar-refractivity contribution in [3.05, 3.63) is 54.1 Å². The van der Waals surface area contributed by atoms with Crippen LogP contribution in [0.15, 0.2) is 53.4 Å². The molecule has 0 radical (unpaired) electrons. The molecule has 4 rings (SSSR count). The van der Waals surface area contributed by atoms with E-state index in [0.29, 0.717) is 37.7 Å². The lowest BCUT2D eigenvalue weighted by Crippen LogP contribution is -2.45. The van der Waals surface area contributed by atoms with E-state index in [9.17, 15) is 13.2 Å². The second kappa shape index (κ2) is 9.35. The number of fused-ring (bicyclic) bond motifs is 1. The summed E-state index contributed by atoms with van der Waals surface area (Å²) in [6.07, 6.45) is 0. The van der Waals surface area contributed by atoms with Gasteiger partial charge in [-0.15, -0.1) is 0 Å². The zero-order valence-corrected chi connectivity index (χ0v) is 18.4. The Morgan fingerprint density at radius 1 is 1.00 bits per heavy atom. The van der Waals surface area contributed by atoms with E-state index in [1.807, 2.05) is 12.1 Å². The van der Waals surface area contributed by atoms with E-state index < -0.39 is 10.0 Å². The summed E-state index contributed by atoms with van der Waals surface area (Å²) in [7, 11) is -2.26. The molecule has 1 amide bonds. The number of carbonyl (C=O) groups is 1. The summed E-state index contributed by atoms with van der Waals surface area (Å²) in [4.78, 5) is 17.2. The van der Waals surface area contributed by atoms with Gasteiger partial charge in [0.1, 0.15) is 10.6 Å². The predicted octanol–water partition coefficient (Wildman–Crippen LogP) is 1.56. The smallest absolute Gasteiger partial charge is 0.245 e. The molecule has 0 aromatic heterocycles. The molecular formula is C22H27N3O5S. The van der Waals surface area contributed by atoms with Crippen molar-refractivity contribution in [2.24, 2.45) is 0 Å². The van der Waals surface area contributed by atoms with Gasteiger partial charge in [0.15, 0.2) is 0 Å². The molecule has 0 bridgehead atoms. The van der Waals surface area contributed by atoms with E-state index in [4.69, 9.17) is 9.47 Å². The summed E-state index contributed by atoms with van der Waals surface area (Å²) in [5.74, 6) is 0.466. The van der Waals surface area contributed by atoms with Crippen LogP contribution in [0.2, 0.25) is 0 Å². The van der Waals surface area contributed by atoms with E-state index in [1.54, 1.807) is 48.4 Å². The van der Waals surface area contributed by atoms with E-state index in [-0.39, 0.29) is 23.9 Å². The average Bonchev–Trinajstić information content (AvgIpc) is 2.87. The van der Waals surface area contributed by atoms with Crippen LogP contribution in [0.4, 0.5) is 5.69 Å². The summed E-state index contributed by atoms with van der Waals surface area (Å²) in [5, 5.41) is 0. The number of ether oxygens (including phenoxy) is 2. The van der Waals surface area contributed by atoms with Crippen molar-refractivity contribution in [2.75, 3.05) is 57.9 Å². The monoisotopic (exact) mass is 445 g/mol. The zero-order valence-electron chi connectivity index (χ0n) is 17.6. The minimum absolute atomic E-state index is 0.115. The Labute approximate surface area is 183 Å². The number of sulfonamides is 1. The van der Waals surface area contributed by atoms with Gasteiger partial charge in [-0.3, -0.25) is 9.69 Å². The van der Waals surface area contributed by atoms with Crippen LogP contribution in [0.5, 0.6) is 5.75 Å². The van der Waals surface area contributed by atoms with Gasteiger partial charge in [0.2, 0.25) is 15.9 Å². The second-order valence-electron chi connectivity index (χ2n) is 7.59. The van der Waals surface area contributed by atoms with Crippen LogP contribution in [0, 0.1) is 0 Å². The van der Waals surface area contributed by atoms with Crippen molar-refractivity contribution in [3.63, 3.8) is 0 Å². The third-order valence-electron chi connectivity index (χ3n) is 5.65. The van der Waals surface area contributed by atoms with Crippen molar-refractivity contribution in [2.45, 2.75) is 11.4 Å². The Bertz CT molecular complexity index is 1020. The molecule has 8 nitrogen and oxygen atoms in total. The average molecular weight is 446 g/mol. The van der Waals surface area contributed by atoms with Gasteiger partial charge in [-0.1, -0.05) is 24.3 Å². The molecular weight excluding hydrogens is 418 g/mol. The molecule has 166 valence electrons. The number of morpholine rings is 1. The minimum Gasteiger partial charge on any atom is -0.497 e. The van der Waals surface area contributed by atoms with E-state index in [1.165, 1.54) is 4.31 Å². The fraction of sp³-hybridized carbons (Fsp3) is 0.409. The molecule has 2 heterocycles. The van der Waals surface area contributed by atoms with Crippen LogP contribution in [-0.4, -0.2) is 76.6 Å². The molecule has 0 saturated carbocycles. The van der Waals surface area contributed by atoms with Gasteiger partial charge in [0, 0.05) is 32.7 Å². The van der Waals surface area contributed by atoms with Gasteiger partial charge in [-0.2, -0.15) is 4.31 Å². The maximum absolute atomic E-state index is 13.4. The van der Waals surface area contributed by atoms with E-state index in [2.05, 4.69) is 4.90 Å². The topological polar surface area (TPSA) is 79.4 Å². The number of nitrogens with zero attached hydrogens (tertiary/aromatic N) is 3. The maximum atomic E-state index is 13.4. The fourth-order valence-electron chi connectivity index (χ4n) is 3.88. The molecule has 1 fully saturated rings. The number of methoxy groups -OCH3 is 1.